The SMILES string of the molecule is Cc1cc(Cl)cc2cc(-c3ccc(-c4ccc(C(=O)O)cc4)[nH]3)sc12. The quantitative estimate of drug-likeness (QED) is 0.451. The van der Waals surface area contributed by atoms with Gasteiger partial charge in [-0.3, -0.25) is 0 Å². The van der Waals surface area contributed by atoms with Crippen molar-refractivity contribution in [3.8, 4) is 21.8 Å². The third-order valence-electron chi connectivity index (χ3n) is 4.16. The Kier molecular flexibility index (Phi) is 3.86. The standard InChI is InChI=1S/C20H14ClNO2S/c1-11-8-15(21)9-14-10-18(25-19(11)14)17-7-6-16(22-17)12-2-4-13(5-3-12)20(23)24/h2-10,22H,1H3,(H,23,24). The van der Waals surface area contributed by atoms with Crippen LogP contribution in [0.2, 0.25) is 5.02 Å². The minimum Gasteiger partial charge on any atom is -0.478 e. The second-order valence-corrected chi connectivity index (χ2v) is 7.41. The molecular weight excluding hydrogens is 354 g/mol. The van der Waals surface area contributed by atoms with Crippen molar-refractivity contribution in [1.29, 1.82) is 0 Å². The highest BCUT2D eigenvalue weighted by Gasteiger charge is 2.10. The van der Waals surface area contributed by atoms with E-state index in [1.165, 1.54) is 10.3 Å². The van der Waals surface area contributed by atoms with Crippen molar-refractivity contribution in [2.24, 2.45) is 0 Å². The van der Waals surface area contributed by atoms with Crippen molar-refractivity contribution in [1.82, 2.24) is 4.98 Å². The molecule has 25 heavy (non-hydrogen) atoms. The van der Waals surface area contributed by atoms with Crippen LogP contribution in [-0.4, -0.2) is 16.1 Å². The fourth-order valence-corrected chi connectivity index (χ4v) is 4.29. The maximum Gasteiger partial charge on any atom is 0.335 e. The average Bonchev–Trinajstić information content (AvgIpc) is 3.21. The molecule has 0 aliphatic carbocycles. The van der Waals surface area contributed by atoms with Crippen molar-refractivity contribution in [2.45, 2.75) is 6.92 Å². The average molecular weight is 368 g/mol. The van der Waals surface area contributed by atoms with E-state index in [-0.39, 0.29) is 5.56 Å². The first-order chi connectivity index (χ1) is 12.0. The van der Waals surface area contributed by atoms with Gasteiger partial charge in [0.15, 0.2) is 0 Å². The monoisotopic (exact) mass is 367 g/mol. The van der Waals surface area contributed by atoms with Crippen LogP contribution in [0, 0.1) is 6.92 Å². The summed E-state index contributed by atoms with van der Waals surface area (Å²) in [5, 5.41) is 10.9. The number of hydrogen-bond donors (Lipinski definition) is 2. The zero-order valence-corrected chi connectivity index (χ0v) is 14.9. The van der Waals surface area contributed by atoms with Gasteiger partial charge in [0, 0.05) is 15.4 Å². The minimum atomic E-state index is -0.918. The number of aromatic carboxylic acids is 1. The van der Waals surface area contributed by atoms with Gasteiger partial charge in [-0.2, -0.15) is 0 Å². The maximum atomic E-state index is 11.0. The van der Waals surface area contributed by atoms with Crippen LogP contribution >= 0.6 is 22.9 Å². The first kappa shape index (κ1) is 15.9. The summed E-state index contributed by atoms with van der Waals surface area (Å²) in [6, 6.07) is 17.0. The van der Waals surface area contributed by atoms with Gasteiger partial charge in [0.2, 0.25) is 0 Å². The van der Waals surface area contributed by atoms with Crippen LogP contribution in [0.15, 0.2) is 54.6 Å². The number of carboxylic acid groups (broad SMARTS) is 1. The lowest BCUT2D eigenvalue weighted by atomic mass is 10.1. The highest BCUT2D eigenvalue weighted by atomic mass is 35.5. The molecule has 0 aliphatic rings. The Bertz CT molecular complexity index is 1090. The second-order valence-electron chi connectivity index (χ2n) is 5.92. The molecule has 0 atom stereocenters. The molecule has 5 heteroatoms. The molecule has 0 radical (unpaired) electrons. The molecule has 4 aromatic rings. The first-order valence-corrected chi connectivity index (χ1v) is 8.93. The van der Waals surface area contributed by atoms with Gasteiger partial charge in [0.05, 0.1) is 16.1 Å². The number of rotatable bonds is 3. The largest absolute Gasteiger partial charge is 0.478 e. The summed E-state index contributed by atoms with van der Waals surface area (Å²) in [4.78, 5) is 15.5. The van der Waals surface area contributed by atoms with Gasteiger partial charge in [0.1, 0.15) is 0 Å². The van der Waals surface area contributed by atoms with Gasteiger partial charge >= 0.3 is 5.97 Å². The number of aromatic amines is 1. The molecule has 0 unspecified atom stereocenters. The molecule has 2 heterocycles. The van der Waals surface area contributed by atoms with Crippen LogP contribution < -0.4 is 0 Å². The van der Waals surface area contributed by atoms with Gasteiger partial charge in [-0.1, -0.05) is 23.7 Å². The van der Waals surface area contributed by atoms with Gasteiger partial charge in [-0.05, 0) is 65.9 Å². The van der Waals surface area contributed by atoms with Crippen LogP contribution in [0.3, 0.4) is 0 Å². The molecule has 2 N–H and O–H groups in total. The number of carbonyl (C=O) groups is 1. The summed E-state index contributed by atoms with van der Waals surface area (Å²) in [6.45, 7) is 2.07. The zero-order valence-electron chi connectivity index (χ0n) is 13.3. The molecule has 0 bridgehead atoms. The van der Waals surface area contributed by atoms with E-state index in [4.69, 9.17) is 16.7 Å². The molecule has 2 aromatic heterocycles. The lowest BCUT2D eigenvalue weighted by molar-refractivity contribution is 0.0697. The summed E-state index contributed by atoms with van der Waals surface area (Å²) in [5.74, 6) is -0.918. The molecule has 0 spiro atoms. The Morgan fingerprint density at radius 3 is 2.48 bits per heavy atom. The van der Waals surface area contributed by atoms with Crippen molar-refractivity contribution in [3.63, 3.8) is 0 Å². The van der Waals surface area contributed by atoms with E-state index in [9.17, 15) is 4.79 Å². The van der Waals surface area contributed by atoms with Crippen LogP contribution in [-0.2, 0) is 0 Å². The van der Waals surface area contributed by atoms with Crippen molar-refractivity contribution in [3.05, 3.63) is 70.7 Å². The topological polar surface area (TPSA) is 53.1 Å². The van der Waals surface area contributed by atoms with Crippen LogP contribution in [0.25, 0.3) is 31.9 Å². The van der Waals surface area contributed by atoms with E-state index in [0.29, 0.717) is 0 Å². The minimum absolute atomic E-state index is 0.285. The van der Waals surface area contributed by atoms with Gasteiger partial charge in [0.25, 0.3) is 0 Å². The van der Waals surface area contributed by atoms with Crippen molar-refractivity contribution in [2.75, 3.05) is 0 Å². The van der Waals surface area contributed by atoms with E-state index in [1.807, 2.05) is 36.4 Å². The molecule has 4 rings (SSSR count). The number of fused-ring (bicyclic) bond motifs is 1. The first-order valence-electron chi connectivity index (χ1n) is 7.74. The highest BCUT2D eigenvalue weighted by Crippen LogP contribution is 2.37. The third-order valence-corrected chi connectivity index (χ3v) is 5.70. The lowest BCUT2D eigenvalue weighted by Gasteiger charge is -1.99. The van der Waals surface area contributed by atoms with Crippen molar-refractivity contribution >= 4 is 39.0 Å². The Morgan fingerprint density at radius 1 is 1.04 bits per heavy atom. The smallest absolute Gasteiger partial charge is 0.335 e. The van der Waals surface area contributed by atoms with Gasteiger partial charge < -0.3 is 10.1 Å². The lowest BCUT2D eigenvalue weighted by Crippen LogP contribution is -1.94. The van der Waals surface area contributed by atoms with E-state index in [1.54, 1.807) is 23.5 Å². The number of aromatic nitrogens is 1. The molecule has 124 valence electrons. The Balaban J connectivity index is 1.71. The fourth-order valence-electron chi connectivity index (χ4n) is 2.92. The fraction of sp³-hybridized carbons (Fsp3) is 0.0500. The molecule has 0 saturated carbocycles. The summed E-state index contributed by atoms with van der Waals surface area (Å²) in [7, 11) is 0. The highest BCUT2D eigenvalue weighted by molar-refractivity contribution is 7.22. The molecule has 0 saturated heterocycles. The summed E-state index contributed by atoms with van der Waals surface area (Å²) in [6.07, 6.45) is 0. The number of aryl methyl sites for hydroxylation is 1. The third kappa shape index (κ3) is 2.95. The number of thiophene rings is 1. The summed E-state index contributed by atoms with van der Waals surface area (Å²) in [5.41, 5.74) is 4.41. The molecule has 0 fully saturated rings. The van der Waals surface area contributed by atoms with Crippen LogP contribution in [0.5, 0.6) is 0 Å². The number of H-pyrrole nitrogens is 1. The van der Waals surface area contributed by atoms with Crippen molar-refractivity contribution < 1.29 is 9.90 Å². The normalized spacial score (nSPS) is 11.1. The van der Waals surface area contributed by atoms with Gasteiger partial charge in [-0.25, -0.2) is 4.79 Å². The molecule has 2 aromatic carbocycles. The second kappa shape index (κ2) is 6.06. The molecular formula is C20H14ClNO2S. The van der Waals surface area contributed by atoms with Crippen LogP contribution in [0.1, 0.15) is 15.9 Å². The number of carboxylic acids is 1. The number of hydrogen-bond acceptors (Lipinski definition) is 2. The molecule has 0 amide bonds. The van der Waals surface area contributed by atoms with Gasteiger partial charge in [-0.15, -0.1) is 11.3 Å². The number of nitrogens with one attached hydrogen (secondary N) is 1. The van der Waals surface area contributed by atoms with E-state index in [2.05, 4.69) is 18.0 Å². The van der Waals surface area contributed by atoms with E-state index < -0.39 is 5.97 Å². The maximum absolute atomic E-state index is 11.0. The van der Waals surface area contributed by atoms with E-state index >= 15 is 0 Å². The molecule has 0 aliphatic heterocycles. The number of benzene rings is 2. The van der Waals surface area contributed by atoms with Crippen LogP contribution in [0.4, 0.5) is 0 Å². The Morgan fingerprint density at radius 2 is 1.76 bits per heavy atom. The Hall–Kier alpha value is -2.56. The predicted octanol–water partition coefficient (Wildman–Crippen LogP) is 6.22. The Labute approximate surface area is 153 Å². The zero-order chi connectivity index (χ0) is 17.6. The van der Waals surface area contributed by atoms with E-state index in [0.717, 1.165) is 32.2 Å². The summed E-state index contributed by atoms with van der Waals surface area (Å²) >= 11 is 7.89. The molecule has 3 nitrogen and oxygen atoms in total. The summed E-state index contributed by atoms with van der Waals surface area (Å²) < 4.78 is 1.24. The predicted molar refractivity (Wildman–Crippen MR) is 104 cm³/mol. The number of halogens is 1.